The van der Waals surface area contributed by atoms with Crippen LogP contribution < -0.4 is 5.73 Å². The molecule has 0 saturated carbocycles. The predicted molar refractivity (Wildman–Crippen MR) is 68.7 cm³/mol. The quantitative estimate of drug-likeness (QED) is 0.816. The first-order valence-electron chi connectivity index (χ1n) is 6.53. The Balaban J connectivity index is 2.50. The molecule has 4 heteroatoms. The molecule has 0 radical (unpaired) electrons. The number of amides is 1. The lowest BCUT2D eigenvalue weighted by molar-refractivity contribution is -0.140. The molecule has 0 aromatic carbocycles. The van der Waals surface area contributed by atoms with Gasteiger partial charge in [0.1, 0.15) is 6.04 Å². The van der Waals surface area contributed by atoms with E-state index in [-0.39, 0.29) is 17.6 Å². The van der Waals surface area contributed by atoms with Crippen molar-refractivity contribution in [2.24, 2.45) is 5.73 Å². The van der Waals surface area contributed by atoms with Gasteiger partial charge in [-0.15, -0.1) is 0 Å². The van der Waals surface area contributed by atoms with E-state index in [4.69, 9.17) is 10.5 Å². The minimum Gasteiger partial charge on any atom is -0.371 e. The van der Waals surface area contributed by atoms with Crippen molar-refractivity contribution in [2.45, 2.75) is 64.7 Å². The van der Waals surface area contributed by atoms with Gasteiger partial charge in [0.15, 0.2) is 0 Å². The van der Waals surface area contributed by atoms with Gasteiger partial charge >= 0.3 is 0 Å². The van der Waals surface area contributed by atoms with Crippen LogP contribution in [0.2, 0.25) is 0 Å². The third kappa shape index (κ3) is 4.64. The van der Waals surface area contributed by atoms with Crippen LogP contribution in [0.4, 0.5) is 0 Å². The molecule has 1 fully saturated rings. The lowest BCUT2D eigenvalue weighted by Gasteiger charge is -2.33. The highest BCUT2D eigenvalue weighted by Gasteiger charge is 2.29. The number of carbonyl (C=O) groups excluding carboxylic acids is 1. The SMILES string of the molecule is C[C@@H](OC(C)(C)C)[C@H](N)C(=O)N1CCCCC1. The van der Waals surface area contributed by atoms with E-state index < -0.39 is 6.04 Å². The van der Waals surface area contributed by atoms with E-state index in [0.717, 1.165) is 25.9 Å². The van der Waals surface area contributed by atoms with Crippen LogP contribution in [0.3, 0.4) is 0 Å². The molecule has 1 saturated heterocycles. The molecule has 0 bridgehead atoms. The highest BCUT2D eigenvalue weighted by atomic mass is 16.5. The largest absolute Gasteiger partial charge is 0.371 e. The van der Waals surface area contributed by atoms with Crippen LogP contribution in [0, 0.1) is 0 Å². The molecule has 0 spiro atoms. The van der Waals surface area contributed by atoms with Gasteiger partial charge < -0.3 is 15.4 Å². The molecule has 0 aliphatic carbocycles. The fourth-order valence-corrected chi connectivity index (χ4v) is 2.16. The number of nitrogens with two attached hydrogens (primary N) is 1. The Kier molecular flexibility index (Phi) is 4.95. The van der Waals surface area contributed by atoms with Gasteiger partial charge in [0.2, 0.25) is 5.91 Å². The van der Waals surface area contributed by atoms with Gasteiger partial charge in [-0.3, -0.25) is 4.79 Å². The Hall–Kier alpha value is -0.610. The van der Waals surface area contributed by atoms with Crippen molar-refractivity contribution in [3.05, 3.63) is 0 Å². The molecule has 0 unspecified atom stereocenters. The number of piperidine rings is 1. The van der Waals surface area contributed by atoms with Crippen molar-refractivity contribution in [2.75, 3.05) is 13.1 Å². The minimum absolute atomic E-state index is 0.0291. The third-order valence-corrected chi connectivity index (χ3v) is 3.00. The lowest BCUT2D eigenvalue weighted by atomic mass is 10.1. The van der Waals surface area contributed by atoms with Crippen LogP contribution in [0.15, 0.2) is 0 Å². The van der Waals surface area contributed by atoms with E-state index in [1.54, 1.807) is 0 Å². The molecule has 0 aromatic rings. The van der Waals surface area contributed by atoms with Crippen LogP contribution >= 0.6 is 0 Å². The second-order valence-corrected chi connectivity index (χ2v) is 5.85. The van der Waals surface area contributed by atoms with Crippen LogP contribution in [0.5, 0.6) is 0 Å². The van der Waals surface area contributed by atoms with Gasteiger partial charge in [-0.25, -0.2) is 0 Å². The van der Waals surface area contributed by atoms with Crippen LogP contribution in [-0.2, 0) is 9.53 Å². The van der Waals surface area contributed by atoms with Gasteiger partial charge in [0.05, 0.1) is 11.7 Å². The van der Waals surface area contributed by atoms with Gasteiger partial charge in [0, 0.05) is 13.1 Å². The number of carbonyl (C=O) groups is 1. The summed E-state index contributed by atoms with van der Waals surface area (Å²) in [5.74, 6) is 0.0291. The molecular formula is C13H26N2O2. The van der Waals surface area contributed by atoms with E-state index in [9.17, 15) is 4.79 Å². The molecule has 100 valence electrons. The van der Waals surface area contributed by atoms with Crippen molar-refractivity contribution in [1.29, 1.82) is 0 Å². The second kappa shape index (κ2) is 5.83. The van der Waals surface area contributed by atoms with Crippen molar-refractivity contribution in [3.63, 3.8) is 0 Å². The molecule has 1 aliphatic rings. The number of nitrogens with zero attached hydrogens (tertiary/aromatic N) is 1. The molecule has 1 amide bonds. The topological polar surface area (TPSA) is 55.6 Å². The Morgan fingerprint density at radius 2 is 1.76 bits per heavy atom. The minimum atomic E-state index is -0.549. The number of rotatable bonds is 3. The van der Waals surface area contributed by atoms with Gasteiger partial charge in [0.25, 0.3) is 0 Å². The number of likely N-dealkylation sites (tertiary alicyclic amines) is 1. The maximum Gasteiger partial charge on any atom is 0.242 e. The van der Waals surface area contributed by atoms with E-state index in [2.05, 4.69) is 0 Å². The lowest BCUT2D eigenvalue weighted by Crippen LogP contribution is -2.52. The summed E-state index contributed by atoms with van der Waals surface area (Å²) < 4.78 is 5.74. The average Bonchev–Trinajstić information content (AvgIpc) is 2.26. The fraction of sp³-hybridized carbons (Fsp3) is 0.923. The zero-order chi connectivity index (χ0) is 13.1. The van der Waals surface area contributed by atoms with E-state index in [1.165, 1.54) is 6.42 Å². The summed E-state index contributed by atoms with van der Waals surface area (Å²) in [5, 5.41) is 0. The first-order chi connectivity index (χ1) is 7.81. The van der Waals surface area contributed by atoms with Gasteiger partial charge in [-0.1, -0.05) is 0 Å². The van der Waals surface area contributed by atoms with E-state index in [0.29, 0.717) is 0 Å². The highest BCUT2D eigenvalue weighted by molar-refractivity contribution is 5.82. The normalized spacial score (nSPS) is 21.1. The predicted octanol–water partition coefficient (Wildman–Crippen LogP) is 1.53. The van der Waals surface area contributed by atoms with Gasteiger partial charge in [-0.05, 0) is 47.0 Å². The number of ether oxygens (including phenoxy) is 1. The molecule has 2 N–H and O–H groups in total. The molecular weight excluding hydrogens is 216 g/mol. The van der Waals surface area contributed by atoms with E-state index in [1.807, 2.05) is 32.6 Å². The Morgan fingerprint density at radius 1 is 1.24 bits per heavy atom. The Morgan fingerprint density at radius 3 is 2.24 bits per heavy atom. The van der Waals surface area contributed by atoms with E-state index >= 15 is 0 Å². The summed E-state index contributed by atoms with van der Waals surface area (Å²) in [5.41, 5.74) is 5.72. The maximum absolute atomic E-state index is 12.1. The first-order valence-corrected chi connectivity index (χ1v) is 6.53. The summed E-state index contributed by atoms with van der Waals surface area (Å²) in [4.78, 5) is 14.0. The molecule has 1 rings (SSSR count). The van der Waals surface area contributed by atoms with Crippen LogP contribution in [0.25, 0.3) is 0 Å². The summed E-state index contributed by atoms with van der Waals surface area (Å²) in [6.07, 6.45) is 3.15. The highest BCUT2D eigenvalue weighted by Crippen LogP contribution is 2.15. The number of hydrogen-bond donors (Lipinski definition) is 1. The molecule has 2 atom stereocenters. The average molecular weight is 242 g/mol. The summed E-state index contributed by atoms with van der Waals surface area (Å²) in [6, 6.07) is -0.549. The van der Waals surface area contributed by atoms with Crippen molar-refractivity contribution >= 4 is 5.91 Å². The Labute approximate surface area is 104 Å². The zero-order valence-corrected chi connectivity index (χ0v) is 11.5. The third-order valence-electron chi connectivity index (χ3n) is 3.00. The van der Waals surface area contributed by atoms with Crippen LogP contribution in [0.1, 0.15) is 47.0 Å². The smallest absolute Gasteiger partial charge is 0.242 e. The Bertz CT molecular complexity index is 255. The summed E-state index contributed by atoms with van der Waals surface area (Å²) in [6.45, 7) is 9.48. The standard InChI is InChI=1S/C13H26N2O2/c1-10(17-13(2,3)4)11(14)12(16)15-8-6-5-7-9-15/h10-11H,5-9,14H2,1-4H3/t10-,11+/m1/s1. The maximum atomic E-state index is 12.1. The fourth-order valence-electron chi connectivity index (χ4n) is 2.16. The van der Waals surface area contributed by atoms with Gasteiger partial charge in [-0.2, -0.15) is 0 Å². The monoisotopic (exact) mass is 242 g/mol. The summed E-state index contributed by atoms with van der Waals surface area (Å²) in [7, 11) is 0. The second-order valence-electron chi connectivity index (χ2n) is 5.85. The molecule has 0 aromatic heterocycles. The van der Waals surface area contributed by atoms with Crippen molar-refractivity contribution in [3.8, 4) is 0 Å². The molecule has 1 aliphatic heterocycles. The molecule has 1 heterocycles. The molecule has 17 heavy (non-hydrogen) atoms. The summed E-state index contributed by atoms with van der Waals surface area (Å²) >= 11 is 0. The first kappa shape index (κ1) is 14.5. The molecule has 4 nitrogen and oxygen atoms in total. The number of hydrogen-bond acceptors (Lipinski definition) is 3. The zero-order valence-electron chi connectivity index (χ0n) is 11.5. The van der Waals surface area contributed by atoms with Crippen molar-refractivity contribution < 1.29 is 9.53 Å². The van der Waals surface area contributed by atoms with Crippen molar-refractivity contribution in [1.82, 2.24) is 4.90 Å². The van der Waals surface area contributed by atoms with Crippen LogP contribution in [-0.4, -0.2) is 41.6 Å².